The maximum Gasteiger partial charge on any atom is 0.291 e. The highest BCUT2D eigenvalue weighted by molar-refractivity contribution is 6.31. The summed E-state index contributed by atoms with van der Waals surface area (Å²) in [7, 11) is 1.58. The van der Waals surface area contributed by atoms with E-state index in [1.54, 1.807) is 7.11 Å². The third-order valence-electron chi connectivity index (χ3n) is 3.81. The predicted molar refractivity (Wildman–Crippen MR) is 101 cm³/mol. The van der Waals surface area contributed by atoms with Crippen molar-refractivity contribution in [2.45, 2.75) is 39.5 Å². The Bertz CT molecular complexity index is 767. The van der Waals surface area contributed by atoms with Gasteiger partial charge in [-0.2, -0.15) is 5.10 Å². The molecular weight excluding hydrogens is 356 g/mol. The second-order valence-corrected chi connectivity index (χ2v) is 7.27. The van der Waals surface area contributed by atoms with Crippen LogP contribution in [-0.2, 0) is 28.2 Å². The lowest BCUT2D eigenvalue weighted by Gasteiger charge is -2.19. The van der Waals surface area contributed by atoms with Gasteiger partial charge in [0.05, 0.1) is 19.4 Å². The summed E-state index contributed by atoms with van der Waals surface area (Å²) in [5.41, 5.74) is 1.88. The minimum Gasteiger partial charge on any atom is -0.485 e. The molecule has 7 heteroatoms. The van der Waals surface area contributed by atoms with Gasteiger partial charge in [-0.25, -0.2) is 4.68 Å². The highest BCUT2D eigenvalue weighted by Gasteiger charge is 2.14. The van der Waals surface area contributed by atoms with Crippen LogP contribution < -0.4 is 10.3 Å². The van der Waals surface area contributed by atoms with Crippen LogP contribution in [0.15, 0.2) is 35.3 Å². The quantitative estimate of drug-likeness (QED) is 0.657. The predicted octanol–water partition coefficient (Wildman–Crippen LogP) is 3.39. The minimum absolute atomic E-state index is 0.0104. The van der Waals surface area contributed by atoms with E-state index < -0.39 is 5.56 Å². The average Bonchev–Trinajstić information content (AvgIpc) is 2.61. The van der Waals surface area contributed by atoms with Gasteiger partial charge >= 0.3 is 0 Å². The molecule has 26 heavy (non-hydrogen) atoms. The Hall–Kier alpha value is -1.89. The molecule has 0 bridgehead atoms. The maximum atomic E-state index is 12.2. The topological polar surface area (TPSA) is 62.6 Å². The summed E-state index contributed by atoms with van der Waals surface area (Å²) < 4.78 is 17.0. The molecule has 0 spiro atoms. The number of aromatic nitrogens is 2. The van der Waals surface area contributed by atoms with Crippen molar-refractivity contribution >= 4 is 11.6 Å². The van der Waals surface area contributed by atoms with Crippen LogP contribution in [0.4, 0.5) is 0 Å². The Kier molecular flexibility index (Phi) is 7.20. The van der Waals surface area contributed by atoms with Gasteiger partial charge in [-0.05, 0) is 16.5 Å². The molecule has 0 atom stereocenters. The number of benzene rings is 1. The van der Waals surface area contributed by atoms with Crippen LogP contribution in [0.1, 0.15) is 31.9 Å². The summed E-state index contributed by atoms with van der Waals surface area (Å²) in [6.45, 7) is 7.62. The number of hydrogen-bond acceptors (Lipinski definition) is 5. The van der Waals surface area contributed by atoms with Gasteiger partial charge in [-0.3, -0.25) is 4.79 Å². The van der Waals surface area contributed by atoms with Gasteiger partial charge in [0.25, 0.3) is 5.56 Å². The maximum absolute atomic E-state index is 12.2. The van der Waals surface area contributed by atoms with Gasteiger partial charge in [-0.15, -0.1) is 0 Å². The summed E-state index contributed by atoms with van der Waals surface area (Å²) in [4.78, 5) is 12.2. The molecule has 0 fully saturated rings. The van der Waals surface area contributed by atoms with E-state index in [2.05, 4.69) is 38.0 Å². The number of nitrogens with zero attached hydrogens (tertiary/aromatic N) is 2. The largest absolute Gasteiger partial charge is 0.485 e. The first-order valence-electron chi connectivity index (χ1n) is 8.37. The van der Waals surface area contributed by atoms with Crippen LogP contribution in [0.25, 0.3) is 0 Å². The fourth-order valence-electron chi connectivity index (χ4n) is 2.20. The van der Waals surface area contributed by atoms with Crippen LogP contribution in [0.3, 0.4) is 0 Å². The standard InChI is InChI=1S/C19H25ClN2O4/c1-19(2,3)15-7-5-14(6-8-15)12-26-16-11-21-22(18(23)17(16)20)13-25-10-9-24-4/h5-8,11H,9-10,12-13H2,1-4H3. The summed E-state index contributed by atoms with van der Waals surface area (Å²) in [5.74, 6) is 0.254. The molecule has 6 nitrogen and oxygen atoms in total. The lowest BCUT2D eigenvalue weighted by atomic mass is 9.87. The Balaban J connectivity index is 1.99. The van der Waals surface area contributed by atoms with Gasteiger partial charge in [0.2, 0.25) is 0 Å². The number of halogens is 1. The van der Waals surface area contributed by atoms with Crippen LogP contribution in [0, 0.1) is 0 Å². The second-order valence-electron chi connectivity index (χ2n) is 6.89. The number of methoxy groups -OCH3 is 1. The molecule has 0 aliphatic rings. The van der Waals surface area contributed by atoms with E-state index >= 15 is 0 Å². The lowest BCUT2D eigenvalue weighted by Crippen LogP contribution is -2.25. The third-order valence-corrected chi connectivity index (χ3v) is 4.16. The van der Waals surface area contributed by atoms with Gasteiger partial charge in [0, 0.05) is 7.11 Å². The normalized spacial score (nSPS) is 11.6. The van der Waals surface area contributed by atoms with Crippen LogP contribution in [0.2, 0.25) is 5.02 Å². The van der Waals surface area contributed by atoms with Crippen molar-refractivity contribution in [3.8, 4) is 5.75 Å². The Labute approximate surface area is 158 Å². The van der Waals surface area contributed by atoms with E-state index in [-0.39, 0.29) is 22.9 Å². The van der Waals surface area contributed by atoms with E-state index in [1.807, 2.05) is 12.1 Å². The van der Waals surface area contributed by atoms with Crippen molar-refractivity contribution in [2.75, 3.05) is 20.3 Å². The van der Waals surface area contributed by atoms with E-state index in [9.17, 15) is 4.79 Å². The molecule has 1 aromatic heterocycles. The van der Waals surface area contributed by atoms with Crippen molar-refractivity contribution in [3.63, 3.8) is 0 Å². The van der Waals surface area contributed by atoms with E-state index in [1.165, 1.54) is 11.8 Å². The SMILES string of the molecule is COCCOCn1ncc(OCc2ccc(C(C)(C)C)cc2)c(Cl)c1=O. The molecule has 0 unspecified atom stereocenters. The molecule has 0 aliphatic carbocycles. The second kappa shape index (κ2) is 9.16. The van der Waals surface area contributed by atoms with E-state index in [4.69, 9.17) is 25.8 Å². The van der Waals surface area contributed by atoms with Gasteiger partial charge < -0.3 is 14.2 Å². The molecule has 0 saturated heterocycles. The molecule has 0 saturated carbocycles. The van der Waals surface area contributed by atoms with Gasteiger partial charge in [0.1, 0.15) is 13.3 Å². The van der Waals surface area contributed by atoms with E-state index in [0.29, 0.717) is 19.8 Å². The Morgan fingerprint density at radius 2 is 1.85 bits per heavy atom. The lowest BCUT2D eigenvalue weighted by molar-refractivity contribution is 0.0264. The van der Waals surface area contributed by atoms with Crippen molar-refractivity contribution < 1.29 is 14.2 Å². The number of ether oxygens (including phenoxy) is 3. The van der Waals surface area contributed by atoms with Crippen molar-refractivity contribution in [2.24, 2.45) is 0 Å². The van der Waals surface area contributed by atoms with Crippen molar-refractivity contribution in [1.82, 2.24) is 9.78 Å². The summed E-state index contributed by atoms with van der Waals surface area (Å²) in [6.07, 6.45) is 1.42. The molecule has 142 valence electrons. The zero-order valence-corrected chi connectivity index (χ0v) is 16.4. The molecular formula is C19H25ClN2O4. The van der Waals surface area contributed by atoms with Crippen LogP contribution in [0.5, 0.6) is 5.75 Å². The number of hydrogen-bond donors (Lipinski definition) is 0. The first-order chi connectivity index (χ1) is 12.3. The molecule has 1 heterocycles. The smallest absolute Gasteiger partial charge is 0.291 e. The molecule has 1 aromatic carbocycles. The monoisotopic (exact) mass is 380 g/mol. The fourth-order valence-corrected chi connectivity index (χ4v) is 2.40. The molecule has 2 aromatic rings. The first kappa shape index (κ1) is 20.4. The van der Waals surface area contributed by atoms with E-state index in [0.717, 1.165) is 10.2 Å². The summed E-state index contributed by atoms with van der Waals surface area (Å²) in [5, 5.41) is 4.01. The highest BCUT2D eigenvalue weighted by Crippen LogP contribution is 2.23. The summed E-state index contributed by atoms with van der Waals surface area (Å²) in [6, 6.07) is 8.17. The number of rotatable bonds is 8. The zero-order chi connectivity index (χ0) is 19.2. The molecule has 0 amide bonds. The Morgan fingerprint density at radius 1 is 1.15 bits per heavy atom. The van der Waals surface area contributed by atoms with Crippen LogP contribution >= 0.6 is 11.6 Å². The zero-order valence-electron chi connectivity index (χ0n) is 15.6. The fraction of sp³-hybridized carbons (Fsp3) is 0.474. The van der Waals surface area contributed by atoms with Crippen LogP contribution in [-0.4, -0.2) is 30.1 Å². The van der Waals surface area contributed by atoms with Gasteiger partial charge in [0.15, 0.2) is 10.8 Å². The first-order valence-corrected chi connectivity index (χ1v) is 8.75. The molecule has 0 radical (unpaired) electrons. The van der Waals surface area contributed by atoms with Crippen molar-refractivity contribution in [1.29, 1.82) is 0 Å². The molecule has 0 aliphatic heterocycles. The summed E-state index contributed by atoms with van der Waals surface area (Å²) >= 11 is 6.11. The van der Waals surface area contributed by atoms with Gasteiger partial charge in [-0.1, -0.05) is 56.6 Å². The Morgan fingerprint density at radius 3 is 2.46 bits per heavy atom. The minimum atomic E-state index is -0.454. The third kappa shape index (κ3) is 5.56. The highest BCUT2D eigenvalue weighted by atomic mass is 35.5. The average molecular weight is 381 g/mol. The molecule has 2 rings (SSSR count). The molecule has 0 N–H and O–H groups in total. The van der Waals surface area contributed by atoms with Crippen molar-refractivity contribution in [3.05, 3.63) is 57.0 Å².